The highest BCUT2D eigenvalue weighted by Gasteiger charge is 2.31. The SMILES string of the molecule is N[C@@H]1CN(CC(=O)NCCc2c(F)cccc2F)C[C@H]1c1ccccc1. The fraction of sp³-hybridized carbons (Fsp3) is 0.350. The Bertz CT molecular complexity index is 734. The minimum Gasteiger partial charge on any atom is -0.355 e. The number of hydrogen-bond acceptors (Lipinski definition) is 3. The van der Waals surface area contributed by atoms with E-state index in [1.807, 2.05) is 23.1 Å². The summed E-state index contributed by atoms with van der Waals surface area (Å²) in [5.74, 6) is -1.13. The summed E-state index contributed by atoms with van der Waals surface area (Å²) in [7, 11) is 0. The summed E-state index contributed by atoms with van der Waals surface area (Å²) < 4.78 is 27.1. The maximum absolute atomic E-state index is 13.6. The van der Waals surface area contributed by atoms with Crippen LogP contribution in [0.5, 0.6) is 0 Å². The lowest BCUT2D eigenvalue weighted by Gasteiger charge is -2.16. The molecule has 0 bridgehead atoms. The molecule has 3 N–H and O–H groups in total. The molecule has 3 rings (SSSR count). The molecule has 0 unspecified atom stereocenters. The van der Waals surface area contributed by atoms with Crippen molar-refractivity contribution in [2.45, 2.75) is 18.4 Å². The van der Waals surface area contributed by atoms with Crippen LogP contribution in [0.15, 0.2) is 48.5 Å². The van der Waals surface area contributed by atoms with Gasteiger partial charge >= 0.3 is 0 Å². The van der Waals surface area contributed by atoms with Crippen molar-refractivity contribution in [3.63, 3.8) is 0 Å². The first-order valence-electron chi connectivity index (χ1n) is 8.77. The van der Waals surface area contributed by atoms with Crippen LogP contribution < -0.4 is 11.1 Å². The Kier molecular flexibility index (Phi) is 5.96. The van der Waals surface area contributed by atoms with E-state index in [-0.39, 0.29) is 42.9 Å². The number of nitrogens with two attached hydrogens (primary N) is 1. The number of rotatable bonds is 6. The topological polar surface area (TPSA) is 58.4 Å². The van der Waals surface area contributed by atoms with Gasteiger partial charge in [0, 0.05) is 37.2 Å². The number of hydrogen-bond donors (Lipinski definition) is 2. The molecule has 0 radical (unpaired) electrons. The number of nitrogens with zero attached hydrogens (tertiary/aromatic N) is 1. The van der Waals surface area contributed by atoms with Gasteiger partial charge in [0.15, 0.2) is 0 Å². The molecule has 2 atom stereocenters. The van der Waals surface area contributed by atoms with Crippen LogP contribution in [0.25, 0.3) is 0 Å². The van der Waals surface area contributed by atoms with Gasteiger partial charge in [-0.1, -0.05) is 36.4 Å². The van der Waals surface area contributed by atoms with Crippen molar-refractivity contribution in [3.8, 4) is 0 Å². The van der Waals surface area contributed by atoms with Crippen molar-refractivity contribution >= 4 is 5.91 Å². The van der Waals surface area contributed by atoms with Gasteiger partial charge in [-0.2, -0.15) is 0 Å². The highest BCUT2D eigenvalue weighted by Crippen LogP contribution is 2.25. The molecule has 2 aromatic rings. The molecule has 1 aliphatic rings. The van der Waals surface area contributed by atoms with Crippen molar-refractivity contribution in [3.05, 3.63) is 71.3 Å². The summed E-state index contributed by atoms with van der Waals surface area (Å²) in [4.78, 5) is 14.1. The molecule has 26 heavy (non-hydrogen) atoms. The molecule has 138 valence electrons. The summed E-state index contributed by atoms with van der Waals surface area (Å²) in [6.45, 7) is 1.80. The van der Waals surface area contributed by atoms with Gasteiger partial charge in [-0.15, -0.1) is 0 Å². The second-order valence-corrected chi connectivity index (χ2v) is 6.68. The Morgan fingerprint density at radius 2 is 1.77 bits per heavy atom. The molecule has 1 saturated heterocycles. The van der Waals surface area contributed by atoms with Crippen LogP contribution in [-0.2, 0) is 11.2 Å². The lowest BCUT2D eigenvalue weighted by atomic mass is 9.95. The van der Waals surface area contributed by atoms with Crippen LogP contribution in [0, 0.1) is 11.6 Å². The highest BCUT2D eigenvalue weighted by molar-refractivity contribution is 5.78. The van der Waals surface area contributed by atoms with Gasteiger partial charge in [0.2, 0.25) is 5.91 Å². The zero-order valence-electron chi connectivity index (χ0n) is 14.5. The number of carbonyl (C=O) groups excluding carboxylic acids is 1. The van der Waals surface area contributed by atoms with E-state index in [4.69, 9.17) is 5.73 Å². The Morgan fingerprint density at radius 3 is 2.46 bits per heavy atom. The summed E-state index contributed by atoms with van der Waals surface area (Å²) in [6, 6.07) is 13.8. The first-order chi connectivity index (χ1) is 12.5. The Labute approximate surface area is 152 Å². The molecule has 2 aromatic carbocycles. The van der Waals surface area contributed by atoms with Crippen molar-refractivity contribution in [1.29, 1.82) is 0 Å². The second-order valence-electron chi connectivity index (χ2n) is 6.68. The third-order valence-electron chi connectivity index (χ3n) is 4.79. The van der Waals surface area contributed by atoms with Gasteiger partial charge in [-0.05, 0) is 24.1 Å². The van der Waals surface area contributed by atoms with Gasteiger partial charge in [0.25, 0.3) is 0 Å². The molecule has 1 amide bonds. The normalized spacial score (nSPS) is 20.3. The third-order valence-corrected chi connectivity index (χ3v) is 4.79. The molecular weight excluding hydrogens is 336 g/mol. The third kappa shape index (κ3) is 4.45. The largest absolute Gasteiger partial charge is 0.355 e. The average molecular weight is 359 g/mol. The maximum atomic E-state index is 13.6. The van der Waals surface area contributed by atoms with Crippen LogP contribution in [0.3, 0.4) is 0 Å². The lowest BCUT2D eigenvalue weighted by molar-refractivity contribution is -0.122. The van der Waals surface area contributed by atoms with Crippen molar-refractivity contribution in [2.75, 3.05) is 26.2 Å². The number of likely N-dealkylation sites (tertiary alicyclic amines) is 1. The summed E-state index contributed by atoms with van der Waals surface area (Å²) in [5, 5.41) is 2.73. The number of halogens is 2. The molecule has 0 saturated carbocycles. The average Bonchev–Trinajstić information content (AvgIpc) is 2.98. The fourth-order valence-electron chi connectivity index (χ4n) is 3.45. The van der Waals surface area contributed by atoms with Gasteiger partial charge < -0.3 is 11.1 Å². The number of benzene rings is 2. The zero-order chi connectivity index (χ0) is 18.5. The summed E-state index contributed by atoms with van der Waals surface area (Å²) in [5.41, 5.74) is 7.41. The van der Waals surface area contributed by atoms with E-state index < -0.39 is 11.6 Å². The van der Waals surface area contributed by atoms with Crippen LogP contribution in [-0.4, -0.2) is 43.0 Å². The van der Waals surface area contributed by atoms with Crippen LogP contribution in [0.1, 0.15) is 17.0 Å². The van der Waals surface area contributed by atoms with E-state index in [9.17, 15) is 13.6 Å². The van der Waals surface area contributed by atoms with Crippen LogP contribution >= 0.6 is 0 Å². The zero-order valence-corrected chi connectivity index (χ0v) is 14.5. The first-order valence-corrected chi connectivity index (χ1v) is 8.77. The smallest absolute Gasteiger partial charge is 0.234 e. The van der Waals surface area contributed by atoms with E-state index in [0.29, 0.717) is 6.54 Å². The quantitative estimate of drug-likeness (QED) is 0.830. The molecule has 4 nitrogen and oxygen atoms in total. The van der Waals surface area contributed by atoms with Gasteiger partial charge in [0.05, 0.1) is 6.54 Å². The van der Waals surface area contributed by atoms with Gasteiger partial charge in [-0.25, -0.2) is 8.78 Å². The van der Waals surface area contributed by atoms with E-state index in [2.05, 4.69) is 17.4 Å². The second kappa shape index (κ2) is 8.38. The Hall–Kier alpha value is -2.31. The minimum absolute atomic E-state index is 0.000126. The summed E-state index contributed by atoms with van der Waals surface area (Å²) >= 11 is 0. The Balaban J connectivity index is 1.47. The molecule has 0 aliphatic carbocycles. The van der Waals surface area contributed by atoms with Crippen molar-refractivity contribution in [1.82, 2.24) is 10.2 Å². The van der Waals surface area contributed by atoms with Crippen LogP contribution in [0.4, 0.5) is 8.78 Å². The van der Waals surface area contributed by atoms with Gasteiger partial charge in [-0.3, -0.25) is 9.69 Å². The number of amides is 1. The molecule has 1 heterocycles. The van der Waals surface area contributed by atoms with E-state index >= 15 is 0 Å². The van der Waals surface area contributed by atoms with E-state index in [1.165, 1.54) is 23.8 Å². The number of carbonyl (C=O) groups is 1. The predicted octanol–water partition coefficient (Wildman–Crippen LogP) is 2.05. The molecule has 0 aromatic heterocycles. The molecule has 0 spiro atoms. The standard InChI is InChI=1S/C20H23F2N3O/c21-17-7-4-8-18(22)15(17)9-10-24-20(26)13-25-11-16(19(23)12-25)14-5-2-1-3-6-14/h1-8,16,19H,9-13,23H2,(H,24,26)/t16-,19+/m0/s1. The van der Waals surface area contributed by atoms with Crippen molar-refractivity contribution in [2.24, 2.45) is 5.73 Å². The monoisotopic (exact) mass is 359 g/mol. The fourth-order valence-corrected chi connectivity index (χ4v) is 3.45. The summed E-state index contributed by atoms with van der Waals surface area (Å²) in [6.07, 6.45) is 0.121. The predicted molar refractivity (Wildman–Crippen MR) is 96.7 cm³/mol. The molecule has 1 aliphatic heterocycles. The minimum atomic E-state index is -0.588. The van der Waals surface area contributed by atoms with E-state index in [0.717, 1.165) is 6.54 Å². The molecule has 6 heteroatoms. The first kappa shape index (κ1) is 18.5. The lowest BCUT2D eigenvalue weighted by Crippen LogP contribution is -2.38. The Morgan fingerprint density at radius 1 is 1.08 bits per heavy atom. The molecule has 1 fully saturated rings. The van der Waals surface area contributed by atoms with Crippen LogP contribution in [0.2, 0.25) is 0 Å². The molecular formula is C20H23F2N3O. The van der Waals surface area contributed by atoms with Crippen molar-refractivity contribution < 1.29 is 13.6 Å². The number of nitrogens with one attached hydrogen (secondary N) is 1. The highest BCUT2D eigenvalue weighted by atomic mass is 19.1. The maximum Gasteiger partial charge on any atom is 0.234 e. The van der Waals surface area contributed by atoms with E-state index in [1.54, 1.807) is 0 Å². The van der Waals surface area contributed by atoms with Gasteiger partial charge in [0.1, 0.15) is 11.6 Å².